The van der Waals surface area contributed by atoms with Crippen LogP contribution < -0.4 is 9.47 Å². The third kappa shape index (κ3) is 4.57. The van der Waals surface area contributed by atoms with Gasteiger partial charge in [-0.1, -0.05) is 12.1 Å². The van der Waals surface area contributed by atoms with E-state index in [0.717, 1.165) is 24.1 Å². The highest BCUT2D eigenvalue weighted by molar-refractivity contribution is 7.10. The summed E-state index contributed by atoms with van der Waals surface area (Å²) in [4.78, 5) is 33.8. The van der Waals surface area contributed by atoms with Crippen LogP contribution in [0, 0.1) is 5.82 Å². The molecule has 9 heteroatoms. The fourth-order valence-corrected chi connectivity index (χ4v) is 6.46. The highest BCUT2D eigenvalue weighted by Crippen LogP contribution is 2.38. The van der Waals surface area contributed by atoms with Crippen molar-refractivity contribution in [3.05, 3.63) is 81.3 Å². The van der Waals surface area contributed by atoms with Crippen LogP contribution in [-0.4, -0.2) is 72.1 Å². The van der Waals surface area contributed by atoms with Crippen molar-refractivity contribution in [2.75, 3.05) is 39.5 Å². The number of ether oxygens (including phenoxy) is 2. The van der Waals surface area contributed by atoms with Crippen LogP contribution in [0.2, 0.25) is 0 Å². The molecular formula is C28H28FN3O4S. The zero-order chi connectivity index (χ0) is 25.5. The summed E-state index contributed by atoms with van der Waals surface area (Å²) < 4.78 is 24.9. The van der Waals surface area contributed by atoms with Gasteiger partial charge in [-0.3, -0.25) is 14.5 Å². The predicted molar refractivity (Wildman–Crippen MR) is 137 cm³/mol. The summed E-state index contributed by atoms with van der Waals surface area (Å²) in [5.41, 5.74) is 2.57. The van der Waals surface area contributed by atoms with Crippen LogP contribution in [0.25, 0.3) is 0 Å². The number of nitrogens with zero attached hydrogens (tertiary/aromatic N) is 3. The summed E-state index contributed by atoms with van der Waals surface area (Å²) >= 11 is 1.72. The highest BCUT2D eigenvalue weighted by atomic mass is 32.1. The smallest absolute Gasteiger partial charge is 0.254 e. The Kier molecular flexibility index (Phi) is 6.34. The monoisotopic (exact) mass is 521 g/mol. The maximum Gasteiger partial charge on any atom is 0.254 e. The van der Waals surface area contributed by atoms with E-state index in [2.05, 4.69) is 16.3 Å². The normalized spacial score (nSPS) is 21.1. The Bertz CT molecular complexity index is 1340. The number of benzene rings is 2. The Labute approximate surface area is 219 Å². The molecule has 0 saturated carbocycles. The van der Waals surface area contributed by atoms with Crippen LogP contribution in [0.1, 0.15) is 39.3 Å². The van der Waals surface area contributed by atoms with Gasteiger partial charge in [0.15, 0.2) is 11.5 Å². The number of amides is 2. The van der Waals surface area contributed by atoms with E-state index < -0.39 is 0 Å². The molecular weight excluding hydrogens is 493 g/mol. The number of hydrogen-bond acceptors (Lipinski definition) is 6. The molecule has 3 aliphatic rings. The maximum absolute atomic E-state index is 14.1. The van der Waals surface area contributed by atoms with Gasteiger partial charge in [-0.05, 0) is 66.2 Å². The van der Waals surface area contributed by atoms with Crippen LogP contribution in [0.4, 0.5) is 4.39 Å². The molecule has 2 aromatic carbocycles. The largest absolute Gasteiger partial charge is 0.454 e. The number of carbonyl (C=O) groups is 2. The second-order valence-corrected chi connectivity index (χ2v) is 10.7. The fraction of sp³-hybridized carbons (Fsp3) is 0.357. The first-order valence-corrected chi connectivity index (χ1v) is 13.4. The van der Waals surface area contributed by atoms with E-state index >= 15 is 0 Å². The Morgan fingerprint density at radius 1 is 1.05 bits per heavy atom. The van der Waals surface area contributed by atoms with Gasteiger partial charge >= 0.3 is 0 Å². The van der Waals surface area contributed by atoms with E-state index in [-0.39, 0.29) is 43.1 Å². The van der Waals surface area contributed by atoms with Crippen molar-refractivity contribution in [3.63, 3.8) is 0 Å². The van der Waals surface area contributed by atoms with Crippen LogP contribution >= 0.6 is 11.3 Å². The quantitative estimate of drug-likeness (QED) is 0.521. The number of carbonyl (C=O) groups excluding carboxylic acids is 2. The first-order chi connectivity index (χ1) is 18.0. The number of hydrogen-bond donors (Lipinski definition) is 0. The summed E-state index contributed by atoms with van der Waals surface area (Å²) in [5.74, 6) is 0.898. The van der Waals surface area contributed by atoms with E-state index in [9.17, 15) is 14.0 Å². The molecule has 1 fully saturated rings. The minimum Gasteiger partial charge on any atom is -0.454 e. The molecule has 7 nitrogen and oxygen atoms in total. The van der Waals surface area contributed by atoms with Crippen molar-refractivity contribution in [1.82, 2.24) is 14.7 Å². The molecule has 6 rings (SSSR count). The van der Waals surface area contributed by atoms with E-state index in [4.69, 9.17) is 9.47 Å². The van der Waals surface area contributed by atoms with Gasteiger partial charge in [0.05, 0.1) is 12.6 Å². The number of piperazine rings is 1. The second kappa shape index (κ2) is 9.79. The van der Waals surface area contributed by atoms with Gasteiger partial charge in [0.2, 0.25) is 12.7 Å². The first-order valence-electron chi connectivity index (χ1n) is 12.5. The molecule has 192 valence electrons. The molecule has 2 amide bonds. The van der Waals surface area contributed by atoms with Gasteiger partial charge in [0, 0.05) is 42.7 Å². The van der Waals surface area contributed by atoms with Gasteiger partial charge in [0.25, 0.3) is 5.91 Å². The molecule has 0 radical (unpaired) electrons. The molecule has 0 bridgehead atoms. The molecule has 1 aromatic heterocycles. The van der Waals surface area contributed by atoms with Crippen molar-refractivity contribution in [1.29, 1.82) is 0 Å². The average molecular weight is 522 g/mol. The lowest BCUT2D eigenvalue weighted by Gasteiger charge is -2.42. The van der Waals surface area contributed by atoms with Crippen LogP contribution in [-0.2, 0) is 11.2 Å². The molecule has 4 heterocycles. The number of rotatable bonds is 4. The number of fused-ring (bicyclic) bond motifs is 2. The molecule has 1 saturated heterocycles. The molecule has 3 aromatic rings. The lowest BCUT2D eigenvalue weighted by Crippen LogP contribution is -2.57. The van der Waals surface area contributed by atoms with E-state index in [0.29, 0.717) is 36.7 Å². The van der Waals surface area contributed by atoms with Crippen molar-refractivity contribution < 1.29 is 23.5 Å². The summed E-state index contributed by atoms with van der Waals surface area (Å²) in [6, 6.07) is 13.7. The average Bonchev–Trinajstić information content (AvgIpc) is 3.57. The zero-order valence-corrected chi connectivity index (χ0v) is 21.4. The Balaban J connectivity index is 1.14. The Morgan fingerprint density at radius 2 is 1.92 bits per heavy atom. The molecule has 0 N–H and O–H groups in total. The van der Waals surface area contributed by atoms with Gasteiger partial charge in [-0.2, -0.15) is 0 Å². The number of halogens is 1. The molecule has 3 aliphatic heterocycles. The van der Waals surface area contributed by atoms with Crippen LogP contribution in [0.3, 0.4) is 0 Å². The van der Waals surface area contributed by atoms with Crippen molar-refractivity contribution in [2.45, 2.75) is 25.4 Å². The summed E-state index contributed by atoms with van der Waals surface area (Å²) in [5, 5.41) is 2.07. The standard InChI is InChI=1S/C28H28FN3O4S/c1-18-15-30(10-11-32(18)28(34)20-5-6-23-24(14-20)36-17-35-23)26(33)16-31-9-7-25-22(8-12-37-25)27(31)19-3-2-4-21(29)13-19/h2-6,8,12-14,18,27H,7,9-11,15-17H2,1H3/t18-,27+/m1/s1. The van der Waals surface area contributed by atoms with E-state index in [1.54, 1.807) is 41.7 Å². The van der Waals surface area contributed by atoms with E-state index in [1.165, 1.54) is 10.9 Å². The second-order valence-electron chi connectivity index (χ2n) is 9.73. The predicted octanol–water partition coefficient (Wildman–Crippen LogP) is 3.94. The van der Waals surface area contributed by atoms with Crippen molar-refractivity contribution in [3.8, 4) is 11.5 Å². The Hall–Kier alpha value is -3.43. The van der Waals surface area contributed by atoms with Gasteiger partial charge in [-0.15, -0.1) is 11.3 Å². The molecule has 0 unspecified atom stereocenters. The summed E-state index contributed by atoms with van der Waals surface area (Å²) in [6.45, 7) is 4.52. The first kappa shape index (κ1) is 23.9. The van der Waals surface area contributed by atoms with Crippen molar-refractivity contribution in [2.24, 2.45) is 0 Å². The Morgan fingerprint density at radius 3 is 2.76 bits per heavy atom. The van der Waals surface area contributed by atoms with Crippen LogP contribution in [0.15, 0.2) is 53.9 Å². The number of thiophene rings is 1. The molecule has 0 spiro atoms. The summed E-state index contributed by atoms with van der Waals surface area (Å²) in [7, 11) is 0. The molecule has 37 heavy (non-hydrogen) atoms. The highest BCUT2D eigenvalue weighted by Gasteiger charge is 2.35. The SMILES string of the molecule is C[C@@H]1CN(C(=O)CN2CCc3sccc3[C@@H]2c2cccc(F)c2)CCN1C(=O)c1ccc2c(c1)OCO2. The minimum absolute atomic E-state index is 0.0297. The van der Waals surface area contributed by atoms with Gasteiger partial charge in [-0.25, -0.2) is 4.39 Å². The van der Waals surface area contributed by atoms with E-state index in [1.807, 2.05) is 22.8 Å². The van der Waals surface area contributed by atoms with Gasteiger partial charge in [0.1, 0.15) is 5.82 Å². The molecule has 2 atom stereocenters. The fourth-order valence-electron chi connectivity index (χ4n) is 5.56. The lowest BCUT2D eigenvalue weighted by atomic mass is 9.93. The van der Waals surface area contributed by atoms with Crippen LogP contribution in [0.5, 0.6) is 11.5 Å². The van der Waals surface area contributed by atoms with Gasteiger partial charge < -0.3 is 19.3 Å². The topological polar surface area (TPSA) is 62.3 Å². The molecule has 0 aliphatic carbocycles. The maximum atomic E-state index is 14.1. The zero-order valence-electron chi connectivity index (χ0n) is 20.6. The lowest BCUT2D eigenvalue weighted by molar-refractivity contribution is -0.135. The third-order valence-corrected chi connectivity index (χ3v) is 8.43. The minimum atomic E-state index is -0.275. The van der Waals surface area contributed by atoms with Crippen molar-refractivity contribution >= 4 is 23.2 Å². The third-order valence-electron chi connectivity index (χ3n) is 7.43. The summed E-state index contributed by atoms with van der Waals surface area (Å²) in [6.07, 6.45) is 0.875.